The van der Waals surface area contributed by atoms with Gasteiger partial charge >= 0.3 is 0 Å². The van der Waals surface area contributed by atoms with Crippen molar-refractivity contribution in [3.8, 4) is 0 Å². The fourth-order valence-electron chi connectivity index (χ4n) is 2.75. The van der Waals surface area contributed by atoms with E-state index in [1.807, 2.05) is 30.3 Å². The Labute approximate surface area is 135 Å². The van der Waals surface area contributed by atoms with Crippen molar-refractivity contribution in [2.75, 3.05) is 23.4 Å². The minimum atomic E-state index is -0.0330. The zero-order valence-electron chi connectivity index (χ0n) is 13.2. The van der Waals surface area contributed by atoms with E-state index in [1.54, 1.807) is 23.3 Å². The largest absolute Gasteiger partial charge is 0.353 e. The van der Waals surface area contributed by atoms with Crippen LogP contribution >= 0.6 is 11.3 Å². The summed E-state index contributed by atoms with van der Waals surface area (Å²) in [5.74, 6) is 0.977. The van der Waals surface area contributed by atoms with Crippen LogP contribution in [0, 0.1) is 0 Å². The van der Waals surface area contributed by atoms with Crippen molar-refractivity contribution in [1.82, 2.24) is 4.98 Å². The lowest BCUT2D eigenvalue weighted by molar-refractivity contribution is 0.0992. The molecule has 1 aliphatic rings. The van der Waals surface area contributed by atoms with Gasteiger partial charge in [-0.3, -0.25) is 4.79 Å². The Kier molecular flexibility index (Phi) is 4.16. The van der Waals surface area contributed by atoms with E-state index in [0.29, 0.717) is 11.0 Å². The lowest BCUT2D eigenvalue weighted by Crippen LogP contribution is -2.35. The highest BCUT2D eigenvalue weighted by Gasteiger charge is 2.27. The molecule has 2 aromatic rings. The van der Waals surface area contributed by atoms with Crippen molar-refractivity contribution >= 4 is 28.7 Å². The van der Waals surface area contributed by atoms with Gasteiger partial charge in [-0.25, -0.2) is 4.98 Å². The third kappa shape index (κ3) is 2.73. The van der Waals surface area contributed by atoms with Crippen molar-refractivity contribution in [2.24, 2.45) is 0 Å². The van der Waals surface area contributed by atoms with Crippen LogP contribution in [0.25, 0.3) is 0 Å². The zero-order valence-corrected chi connectivity index (χ0v) is 14.1. The monoisotopic (exact) mass is 315 g/mol. The summed E-state index contributed by atoms with van der Waals surface area (Å²) in [4.78, 5) is 22.6. The molecule has 0 fully saturated rings. The molecule has 22 heavy (non-hydrogen) atoms. The molecule has 1 aromatic carbocycles. The van der Waals surface area contributed by atoms with Gasteiger partial charge in [0.2, 0.25) is 0 Å². The second-order valence-electron chi connectivity index (χ2n) is 5.86. The van der Waals surface area contributed by atoms with Crippen LogP contribution in [-0.2, 0) is 6.42 Å². The molecule has 0 saturated heterocycles. The molecule has 116 valence electrons. The first-order chi connectivity index (χ1) is 10.6. The Balaban J connectivity index is 1.88. The summed E-state index contributed by atoms with van der Waals surface area (Å²) in [6, 6.07) is 10.1. The molecule has 2 heterocycles. The summed E-state index contributed by atoms with van der Waals surface area (Å²) < 4.78 is 0. The average molecular weight is 315 g/mol. The minimum Gasteiger partial charge on any atom is -0.353 e. The van der Waals surface area contributed by atoms with E-state index in [-0.39, 0.29) is 5.91 Å². The van der Waals surface area contributed by atoms with E-state index in [1.165, 1.54) is 4.88 Å². The van der Waals surface area contributed by atoms with Crippen LogP contribution in [0.4, 0.5) is 11.5 Å². The lowest BCUT2D eigenvalue weighted by atomic mass is 10.1. The third-order valence-corrected chi connectivity index (χ3v) is 5.10. The van der Waals surface area contributed by atoms with Gasteiger partial charge in [0.15, 0.2) is 5.01 Å². The molecule has 1 amide bonds. The Morgan fingerprint density at radius 2 is 2.05 bits per heavy atom. The standard InChI is InChI=1S/C17H21N3OS/c1-12(2)20-11-7-10-14-15(20)18-16(22-14)17(21)19(3)13-8-5-4-6-9-13/h4-6,8-9,12H,7,10-11H2,1-3H3. The van der Waals surface area contributed by atoms with Crippen molar-refractivity contribution in [1.29, 1.82) is 0 Å². The predicted molar refractivity (Wildman–Crippen MR) is 92.1 cm³/mol. The fraction of sp³-hybridized carbons (Fsp3) is 0.412. The normalized spacial score (nSPS) is 14.1. The molecule has 0 unspecified atom stereocenters. The molecule has 0 aliphatic carbocycles. The number of para-hydroxylation sites is 1. The van der Waals surface area contributed by atoms with Crippen LogP contribution in [0.5, 0.6) is 0 Å². The van der Waals surface area contributed by atoms with Gasteiger partial charge in [-0.15, -0.1) is 11.3 Å². The van der Waals surface area contributed by atoms with E-state index in [2.05, 4.69) is 23.7 Å². The summed E-state index contributed by atoms with van der Waals surface area (Å²) >= 11 is 1.54. The molecule has 0 saturated carbocycles. The molecule has 5 heteroatoms. The number of rotatable bonds is 3. The van der Waals surface area contributed by atoms with Gasteiger partial charge in [0.1, 0.15) is 5.82 Å². The number of benzene rings is 1. The molecule has 0 bridgehead atoms. The van der Waals surface area contributed by atoms with Crippen LogP contribution in [0.2, 0.25) is 0 Å². The molecular formula is C17H21N3OS. The summed E-state index contributed by atoms with van der Waals surface area (Å²) in [5, 5.41) is 0.587. The van der Waals surface area contributed by atoms with E-state index in [4.69, 9.17) is 0 Å². The van der Waals surface area contributed by atoms with E-state index in [9.17, 15) is 4.79 Å². The van der Waals surface area contributed by atoms with Crippen LogP contribution in [0.3, 0.4) is 0 Å². The first-order valence-electron chi connectivity index (χ1n) is 7.67. The summed E-state index contributed by atoms with van der Waals surface area (Å²) in [7, 11) is 1.80. The number of amides is 1. The summed E-state index contributed by atoms with van der Waals surface area (Å²) in [6.45, 7) is 5.37. The van der Waals surface area contributed by atoms with Crippen LogP contribution in [0.1, 0.15) is 34.9 Å². The van der Waals surface area contributed by atoms with Gasteiger partial charge in [-0.05, 0) is 38.8 Å². The number of hydrogen-bond donors (Lipinski definition) is 0. The number of carbonyl (C=O) groups excluding carboxylic acids is 1. The smallest absolute Gasteiger partial charge is 0.287 e. The quantitative estimate of drug-likeness (QED) is 0.868. The minimum absolute atomic E-state index is 0.0330. The SMILES string of the molecule is CC(C)N1CCCc2sc(C(=O)N(C)c3ccccc3)nc21. The summed E-state index contributed by atoms with van der Waals surface area (Å²) in [6.07, 6.45) is 2.16. The van der Waals surface area contributed by atoms with Crippen LogP contribution < -0.4 is 9.80 Å². The highest BCUT2D eigenvalue weighted by Crippen LogP contribution is 2.33. The predicted octanol–water partition coefficient (Wildman–Crippen LogP) is 3.58. The van der Waals surface area contributed by atoms with Gasteiger partial charge in [0.25, 0.3) is 5.91 Å². The molecule has 0 radical (unpaired) electrons. The Hall–Kier alpha value is -1.88. The van der Waals surface area contributed by atoms with Crippen LogP contribution in [-0.4, -0.2) is 30.5 Å². The Morgan fingerprint density at radius 3 is 2.73 bits per heavy atom. The van der Waals surface area contributed by atoms with Gasteiger partial charge in [-0.2, -0.15) is 0 Å². The molecule has 4 nitrogen and oxygen atoms in total. The highest BCUT2D eigenvalue weighted by atomic mass is 32.1. The second-order valence-corrected chi connectivity index (χ2v) is 6.94. The van der Waals surface area contributed by atoms with Crippen molar-refractivity contribution in [2.45, 2.75) is 32.7 Å². The highest BCUT2D eigenvalue weighted by molar-refractivity contribution is 7.14. The number of carbonyl (C=O) groups is 1. The molecular weight excluding hydrogens is 294 g/mol. The summed E-state index contributed by atoms with van der Waals surface area (Å²) in [5.41, 5.74) is 0.890. The topological polar surface area (TPSA) is 36.4 Å². The molecule has 1 aromatic heterocycles. The van der Waals surface area contributed by atoms with Gasteiger partial charge in [-0.1, -0.05) is 18.2 Å². The van der Waals surface area contributed by atoms with Gasteiger partial charge in [0.05, 0.1) is 0 Å². The first-order valence-corrected chi connectivity index (χ1v) is 8.49. The number of anilines is 2. The third-order valence-electron chi connectivity index (χ3n) is 4.01. The van der Waals surface area contributed by atoms with E-state index in [0.717, 1.165) is 30.9 Å². The van der Waals surface area contributed by atoms with E-state index < -0.39 is 0 Å². The number of thiazole rings is 1. The van der Waals surface area contributed by atoms with Crippen molar-refractivity contribution < 1.29 is 4.79 Å². The number of nitrogens with zero attached hydrogens (tertiary/aromatic N) is 3. The number of fused-ring (bicyclic) bond motifs is 1. The van der Waals surface area contributed by atoms with E-state index >= 15 is 0 Å². The first kappa shape index (κ1) is 15.0. The lowest BCUT2D eigenvalue weighted by Gasteiger charge is -2.31. The Bertz CT molecular complexity index is 666. The molecule has 0 atom stereocenters. The average Bonchev–Trinajstić information content (AvgIpc) is 2.98. The zero-order chi connectivity index (χ0) is 15.7. The van der Waals surface area contributed by atoms with Gasteiger partial charge < -0.3 is 9.80 Å². The number of aryl methyl sites for hydroxylation is 1. The number of aromatic nitrogens is 1. The van der Waals surface area contributed by atoms with Crippen LogP contribution in [0.15, 0.2) is 30.3 Å². The van der Waals surface area contributed by atoms with Crippen molar-refractivity contribution in [3.05, 3.63) is 40.2 Å². The maximum atomic E-state index is 12.7. The van der Waals surface area contributed by atoms with Crippen molar-refractivity contribution in [3.63, 3.8) is 0 Å². The molecule has 3 rings (SSSR count). The molecule has 0 N–H and O–H groups in total. The molecule has 0 spiro atoms. The molecule has 1 aliphatic heterocycles. The second kappa shape index (κ2) is 6.08. The Morgan fingerprint density at radius 1 is 1.32 bits per heavy atom. The number of hydrogen-bond acceptors (Lipinski definition) is 4. The maximum Gasteiger partial charge on any atom is 0.287 e. The maximum absolute atomic E-state index is 12.7. The fourth-order valence-corrected chi connectivity index (χ4v) is 3.84. The van der Waals surface area contributed by atoms with Gasteiger partial charge in [0, 0.05) is 30.2 Å².